The van der Waals surface area contributed by atoms with Crippen molar-refractivity contribution < 1.29 is 0 Å². The molecule has 0 atom stereocenters. The van der Waals surface area contributed by atoms with Crippen molar-refractivity contribution in [2.45, 2.75) is 39.3 Å². The molecule has 1 aromatic rings. The summed E-state index contributed by atoms with van der Waals surface area (Å²) in [6.07, 6.45) is 2.50. The molecule has 0 unspecified atom stereocenters. The van der Waals surface area contributed by atoms with Crippen LogP contribution in [0.15, 0.2) is 0 Å². The molecule has 0 bridgehead atoms. The van der Waals surface area contributed by atoms with Crippen LogP contribution in [-0.2, 0) is 13.6 Å². The van der Waals surface area contributed by atoms with Gasteiger partial charge in [-0.2, -0.15) is 5.10 Å². The van der Waals surface area contributed by atoms with Crippen LogP contribution < -0.4 is 5.32 Å². The molecule has 0 amide bonds. The largest absolute Gasteiger partial charge is 0.360 e. The van der Waals surface area contributed by atoms with Gasteiger partial charge in [0.05, 0.1) is 5.69 Å². The van der Waals surface area contributed by atoms with E-state index in [0.717, 1.165) is 17.4 Å². The summed E-state index contributed by atoms with van der Waals surface area (Å²) in [5.41, 5.74) is 3.57. The minimum absolute atomic E-state index is 0.612. The molecule has 0 radical (unpaired) electrons. The third-order valence-electron chi connectivity index (χ3n) is 3.31. The first-order chi connectivity index (χ1) is 7.99. The molecule has 0 aliphatic heterocycles. The van der Waals surface area contributed by atoms with E-state index in [1.54, 1.807) is 0 Å². The molecule has 0 spiro atoms. The summed E-state index contributed by atoms with van der Waals surface area (Å²) >= 11 is 5.37. The second-order valence-electron chi connectivity index (χ2n) is 4.85. The summed E-state index contributed by atoms with van der Waals surface area (Å²) in [6, 6.07) is 0.612. The monoisotopic (exact) mass is 252 g/mol. The van der Waals surface area contributed by atoms with Crippen molar-refractivity contribution in [1.29, 1.82) is 0 Å². The Morgan fingerprint density at radius 1 is 1.53 bits per heavy atom. The predicted octanol–water partition coefficient (Wildman–Crippen LogP) is 1.51. The Kier molecular flexibility index (Phi) is 3.38. The zero-order valence-corrected chi connectivity index (χ0v) is 11.8. The Hall–Kier alpha value is -1.10. The minimum Gasteiger partial charge on any atom is -0.360 e. The molecule has 2 rings (SSSR count). The average molecular weight is 252 g/mol. The molecule has 1 saturated carbocycles. The van der Waals surface area contributed by atoms with Crippen LogP contribution in [0.2, 0.25) is 0 Å². The standard InChI is InChI=1S/C12H20N4S/c1-8-11(9(2)16(4)14-8)7-15(3)12(17)13-10-5-6-10/h10H,5-7H2,1-4H3,(H,13,17). The van der Waals surface area contributed by atoms with Crippen LogP contribution in [0.1, 0.15) is 29.8 Å². The van der Waals surface area contributed by atoms with E-state index in [0.29, 0.717) is 6.04 Å². The molecule has 1 aliphatic rings. The Balaban J connectivity index is 2.01. The SMILES string of the molecule is Cc1nn(C)c(C)c1CN(C)C(=S)NC1CC1. The van der Waals surface area contributed by atoms with Crippen molar-refractivity contribution in [1.82, 2.24) is 20.0 Å². The van der Waals surface area contributed by atoms with Crippen molar-refractivity contribution in [3.05, 3.63) is 17.0 Å². The lowest BCUT2D eigenvalue weighted by molar-refractivity contribution is 0.485. The Labute approximate surface area is 108 Å². The van der Waals surface area contributed by atoms with Crippen molar-refractivity contribution in [2.24, 2.45) is 7.05 Å². The van der Waals surface area contributed by atoms with Gasteiger partial charge in [0.2, 0.25) is 0 Å². The van der Waals surface area contributed by atoms with Crippen molar-refractivity contribution in [3.63, 3.8) is 0 Å². The fourth-order valence-electron chi connectivity index (χ4n) is 1.87. The lowest BCUT2D eigenvalue weighted by atomic mass is 10.2. The molecule has 0 saturated heterocycles. The number of aryl methyl sites for hydroxylation is 2. The molecule has 1 aromatic heterocycles. The second kappa shape index (κ2) is 4.64. The van der Waals surface area contributed by atoms with Crippen LogP contribution in [0, 0.1) is 13.8 Å². The molecular formula is C12H20N4S. The molecule has 17 heavy (non-hydrogen) atoms. The van der Waals surface area contributed by atoms with Crippen molar-refractivity contribution in [2.75, 3.05) is 7.05 Å². The molecule has 1 heterocycles. The van der Waals surface area contributed by atoms with Gasteiger partial charge in [-0.3, -0.25) is 4.68 Å². The van der Waals surface area contributed by atoms with E-state index < -0.39 is 0 Å². The van der Waals surface area contributed by atoms with Gasteiger partial charge in [0.1, 0.15) is 0 Å². The highest BCUT2D eigenvalue weighted by atomic mass is 32.1. The maximum atomic E-state index is 5.37. The Morgan fingerprint density at radius 3 is 2.65 bits per heavy atom. The molecule has 0 aromatic carbocycles. The van der Waals surface area contributed by atoms with Crippen LogP contribution in [0.4, 0.5) is 0 Å². The highest BCUT2D eigenvalue weighted by Crippen LogP contribution is 2.19. The molecule has 1 aliphatic carbocycles. The zero-order chi connectivity index (χ0) is 12.6. The Morgan fingerprint density at radius 2 is 2.18 bits per heavy atom. The van der Waals surface area contributed by atoms with Crippen LogP contribution in [0.3, 0.4) is 0 Å². The van der Waals surface area contributed by atoms with E-state index >= 15 is 0 Å². The number of nitrogens with zero attached hydrogens (tertiary/aromatic N) is 3. The van der Waals surface area contributed by atoms with Gasteiger partial charge in [0.15, 0.2) is 5.11 Å². The smallest absolute Gasteiger partial charge is 0.169 e. The van der Waals surface area contributed by atoms with Crippen molar-refractivity contribution >= 4 is 17.3 Å². The fraction of sp³-hybridized carbons (Fsp3) is 0.667. The van der Waals surface area contributed by atoms with Gasteiger partial charge in [-0.05, 0) is 38.9 Å². The lowest BCUT2D eigenvalue weighted by Gasteiger charge is -2.21. The highest BCUT2D eigenvalue weighted by Gasteiger charge is 2.23. The van der Waals surface area contributed by atoms with Crippen LogP contribution >= 0.6 is 12.2 Å². The molecule has 5 heteroatoms. The van der Waals surface area contributed by atoms with Gasteiger partial charge in [0.25, 0.3) is 0 Å². The first-order valence-corrected chi connectivity index (χ1v) is 6.40. The van der Waals surface area contributed by atoms with E-state index in [1.165, 1.54) is 24.1 Å². The number of aromatic nitrogens is 2. The molecule has 1 N–H and O–H groups in total. The third kappa shape index (κ3) is 2.77. The summed E-state index contributed by atoms with van der Waals surface area (Å²) in [5.74, 6) is 0. The number of hydrogen-bond donors (Lipinski definition) is 1. The van der Waals surface area contributed by atoms with Gasteiger partial charge >= 0.3 is 0 Å². The van der Waals surface area contributed by atoms with Gasteiger partial charge in [-0.15, -0.1) is 0 Å². The molecule has 94 valence electrons. The van der Waals surface area contributed by atoms with Crippen LogP contribution in [0.25, 0.3) is 0 Å². The zero-order valence-electron chi connectivity index (χ0n) is 10.9. The fourth-order valence-corrected chi connectivity index (χ4v) is 2.10. The number of thiocarbonyl (C=S) groups is 1. The lowest BCUT2D eigenvalue weighted by Crippen LogP contribution is -2.37. The first-order valence-electron chi connectivity index (χ1n) is 5.99. The maximum absolute atomic E-state index is 5.37. The van der Waals surface area contributed by atoms with Crippen molar-refractivity contribution in [3.8, 4) is 0 Å². The summed E-state index contributed by atoms with van der Waals surface area (Å²) in [5, 5.41) is 8.62. The van der Waals surface area contributed by atoms with Gasteiger partial charge in [-0.1, -0.05) is 0 Å². The van der Waals surface area contributed by atoms with E-state index in [1.807, 2.05) is 25.7 Å². The molecular weight excluding hydrogens is 232 g/mol. The number of rotatable bonds is 3. The van der Waals surface area contributed by atoms with Gasteiger partial charge in [0, 0.05) is 37.9 Å². The summed E-state index contributed by atoms with van der Waals surface area (Å²) in [4.78, 5) is 2.09. The number of hydrogen-bond acceptors (Lipinski definition) is 2. The van der Waals surface area contributed by atoms with Gasteiger partial charge in [-0.25, -0.2) is 0 Å². The third-order valence-corrected chi connectivity index (χ3v) is 3.74. The predicted molar refractivity (Wildman–Crippen MR) is 72.9 cm³/mol. The average Bonchev–Trinajstić information content (AvgIpc) is 3.03. The maximum Gasteiger partial charge on any atom is 0.169 e. The first kappa shape index (κ1) is 12.4. The van der Waals surface area contributed by atoms with E-state index in [-0.39, 0.29) is 0 Å². The van der Waals surface area contributed by atoms with Crippen LogP contribution in [0.5, 0.6) is 0 Å². The van der Waals surface area contributed by atoms with E-state index in [2.05, 4.69) is 22.2 Å². The van der Waals surface area contributed by atoms with Crippen LogP contribution in [-0.4, -0.2) is 32.9 Å². The summed E-state index contributed by atoms with van der Waals surface area (Å²) in [6.45, 7) is 4.97. The summed E-state index contributed by atoms with van der Waals surface area (Å²) < 4.78 is 1.93. The Bertz CT molecular complexity index is 434. The molecule has 4 nitrogen and oxygen atoms in total. The second-order valence-corrected chi connectivity index (χ2v) is 5.24. The normalized spacial score (nSPS) is 14.8. The van der Waals surface area contributed by atoms with E-state index in [4.69, 9.17) is 12.2 Å². The van der Waals surface area contributed by atoms with E-state index in [9.17, 15) is 0 Å². The molecule has 1 fully saturated rings. The minimum atomic E-state index is 0.612. The summed E-state index contributed by atoms with van der Waals surface area (Å²) in [7, 11) is 4.01. The highest BCUT2D eigenvalue weighted by molar-refractivity contribution is 7.80. The topological polar surface area (TPSA) is 33.1 Å². The number of nitrogens with one attached hydrogen (secondary N) is 1. The van der Waals surface area contributed by atoms with Gasteiger partial charge < -0.3 is 10.2 Å². The quantitative estimate of drug-likeness (QED) is 0.827.